The van der Waals surface area contributed by atoms with Crippen LogP contribution in [0, 0.1) is 11.8 Å². The van der Waals surface area contributed by atoms with E-state index in [4.69, 9.17) is 17.3 Å². The molecule has 0 aromatic heterocycles. The Bertz CT molecular complexity index is 435. The van der Waals surface area contributed by atoms with E-state index in [0.29, 0.717) is 5.92 Å². The lowest BCUT2D eigenvalue weighted by Gasteiger charge is -2.42. The highest BCUT2D eigenvalue weighted by atomic mass is 79.9. The van der Waals surface area contributed by atoms with Crippen LogP contribution in [-0.2, 0) is 6.42 Å². The number of rotatable bonds is 2. The van der Waals surface area contributed by atoms with E-state index in [1.807, 2.05) is 12.1 Å². The van der Waals surface area contributed by atoms with Crippen molar-refractivity contribution in [3.63, 3.8) is 0 Å². The van der Waals surface area contributed by atoms with Gasteiger partial charge in [-0.15, -0.1) is 0 Å². The zero-order chi connectivity index (χ0) is 13.3. The minimum atomic E-state index is -0.102. The van der Waals surface area contributed by atoms with Crippen LogP contribution in [0.2, 0.25) is 5.02 Å². The lowest BCUT2D eigenvalue weighted by atomic mass is 9.68. The van der Waals surface area contributed by atoms with Gasteiger partial charge in [-0.25, -0.2) is 0 Å². The van der Waals surface area contributed by atoms with Gasteiger partial charge in [0.05, 0.1) is 0 Å². The molecule has 0 spiro atoms. The maximum atomic E-state index is 6.66. The number of benzene rings is 1. The number of nitrogens with two attached hydrogens (primary N) is 1. The van der Waals surface area contributed by atoms with Crippen molar-refractivity contribution in [1.82, 2.24) is 0 Å². The average molecular weight is 331 g/mol. The fraction of sp³-hybridized carbons (Fsp3) is 0.600. The van der Waals surface area contributed by atoms with Gasteiger partial charge in [0.2, 0.25) is 0 Å². The zero-order valence-electron chi connectivity index (χ0n) is 11.0. The van der Waals surface area contributed by atoms with Gasteiger partial charge in [-0.1, -0.05) is 53.9 Å². The van der Waals surface area contributed by atoms with Crippen LogP contribution in [0.1, 0.15) is 38.7 Å². The Morgan fingerprint density at radius 1 is 1.39 bits per heavy atom. The molecule has 100 valence electrons. The molecule has 1 nitrogen and oxygen atoms in total. The molecular weight excluding hydrogens is 310 g/mol. The Morgan fingerprint density at radius 3 is 2.78 bits per heavy atom. The first-order chi connectivity index (χ1) is 8.40. The minimum Gasteiger partial charge on any atom is -0.325 e. The largest absolute Gasteiger partial charge is 0.325 e. The van der Waals surface area contributed by atoms with Crippen molar-refractivity contribution < 1.29 is 0 Å². The molecule has 0 amide bonds. The third-order valence-corrected chi connectivity index (χ3v) is 5.18. The summed E-state index contributed by atoms with van der Waals surface area (Å²) in [6.07, 6.45) is 4.51. The standard InChI is InChI=1S/C15H21BrClN/c1-10-3-4-11(2)15(18,8-10)9-12-5-6-13(16)7-14(12)17/h5-7,10-11H,3-4,8-9,18H2,1-2H3. The quantitative estimate of drug-likeness (QED) is 0.828. The number of halogens is 2. The zero-order valence-corrected chi connectivity index (χ0v) is 13.4. The molecule has 1 fully saturated rings. The molecule has 1 saturated carbocycles. The smallest absolute Gasteiger partial charge is 0.0449 e. The second kappa shape index (κ2) is 5.52. The number of hydrogen-bond donors (Lipinski definition) is 1. The fourth-order valence-corrected chi connectivity index (χ4v) is 3.78. The van der Waals surface area contributed by atoms with Gasteiger partial charge >= 0.3 is 0 Å². The van der Waals surface area contributed by atoms with Gasteiger partial charge < -0.3 is 5.73 Å². The Labute approximate surface area is 123 Å². The van der Waals surface area contributed by atoms with E-state index in [1.54, 1.807) is 0 Å². The molecule has 1 aromatic carbocycles. The van der Waals surface area contributed by atoms with Crippen molar-refractivity contribution in [1.29, 1.82) is 0 Å². The molecule has 3 heteroatoms. The van der Waals surface area contributed by atoms with Crippen LogP contribution in [0.4, 0.5) is 0 Å². The summed E-state index contributed by atoms with van der Waals surface area (Å²) in [7, 11) is 0. The highest BCUT2D eigenvalue weighted by molar-refractivity contribution is 9.10. The van der Waals surface area contributed by atoms with Crippen LogP contribution in [0.15, 0.2) is 22.7 Å². The molecular formula is C15H21BrClN. The van der Waals surface area contributed by atoms with Gasteiger partial charge in [-0.2, -0.15) is 0 Å². The molecule has 0 saturated heterocycles. The summed E-state index contributed by atoms with van der Waals surface area (Å²) < 4.78 is 1.02. The topological polar surface area (TPSA) is 26.0 Å². The van der Waals surface area contributed by atoms with Crippen LogP contribution >= 0.6 is 27.5 Å². The van der Waals surface area contributed by atoms with Crippen molar-refractivity contribution in [3.05, 3.63) is 33.3 Å². The molecule has 0 heterocycles. The molecule has 1 aromatic rings. The van der Waals surface area contributed by atoms with E-state index in [2.05, 4.69) is 35.8 Å². The van der Waals surface area contributed by atoms with E-state index in [1.165, 1.54) is 18.4 Å². The van der Waals surface area contributed by atoms with Crippen LogP contribution in [-0.4, -0.2) is 5.54 Å². The van der Waals surface area contributed by atoms with E-state index < -0.39 is 0 Å². The molecule has 1 aliphatic rings. The Morgan fingerprint density at radius 2 is 2.11 bits per heavy atom. The molecule has 0 radical (unpaired) electrons. The summed E-state index contributed by atoms with van der Waals surface area (Å²) in [5, 5.41) is 0.819. The van der Waals surface area contributed by atoms with Crippen LogP contribution in [0.3, 0.4) is 0 Å². The van der Waals surface area contributed by atoms with Gasteiger partial charge in [0.25, 0.3) is 0 Å². The molecule has 1 aliphatic carbocycles. The van der Waals surface area contributed by atoms with Crippen LogP contribution < -0.4 is 5.73 Å². The molecule has 2 N–H and O–H groups in total. The SMILES string of the molecule is CC1CCC(C)C(N)(Cc2ccc(Br)cc2Cl)C1. The fourth-order valence-electron chi connectivity index (χ4n) is 3.04. The highest BCUT2D eigenvalue weighted by Gasteiger charge is 2.37. The number of hydrogen-bond acceptors (Lipinski definition) is 1. The van der Waals surface area contributed by atoms with E-state index in [9.17, 15) is 0 Å². The predicted octanol–water partition coefficient (Wildman–Crippen LogP) is 4.80. The highest BCUT2D eigenvalue weighted by Crippen LogP contribution is 2.38. The maximum absolute atomic E-state index is 6.66. The third-order valence-electron chi connectivity index (χ3n) is 4.34. The molecule has 0 aliphatic heterocycles. The van der Waals surface area contributed by atoms with Gasteiger partial charge in [-0.3, -0.25) is 0 Å². The maximum Gasteiger partial charge on any atom is 0.0449 e. The summed E-state index contributed by atoms with van der Waals surface area (Å²) in [6, 6.07) is 6.09. The summed E-state index contributed by atoms with van der Waals surface area (Å²) in [5.41, 5.74) is 7.73. The molecule has 3 atom stereocenters. The van der Waals surface area contributed by atoms with E-state index >= 15 is 0 Å². The molecule has 0 bridgehead atoms. The monoisotopic (exact) mass is 329 g/mol. The summed E-state index contributed by atoms with van der Waals surface area (Å²) >= 11 is 9.75. The van der Waals surface area contributed by atoms with Crippen molar-refractivity contribution in [2.24, 2.45) is 17.6 Å². The van der Waals surface area contributed by atoms with Gasteiger partial charge in [0, 0.05) is 15.0 Å². The predicted molar refractivity (Wildman–Crippen MR) is 82.0 cm³/mol. The normalized spacial score (nSPS) is 32.5. The van der Waals surface area contributed by atoms with Crippen LogP contribution in [0.5, 0.6) is 0 Å². The first-order valence-electron chi connectivity index (χ1n) is 6.63. The lowest BCUT2D eigenvalue weighted by molar-refractivity contribution is 0.161. The van der Waals surface area contributed by atoms with Crippen LogP contribution in [0.25, 0.3) is 0 Å². The molecule has 18 heavy (non-hydrogen) atoms. The average Bonchev–Trinajstić information content (AvgIpc) is 2.28. The van der Waals surface area contributed by atoms with Gasteiger partial charge in [0.15, 0.2) is 0 Å². The Kier molecular flexibility index (Phi) is 4.40. The first-order valence-corrected chi connectivity index (χ1v) is 7.80. The first kappa shape index (κ1) is 14.4. The Balaban J connectivity index is 2.20. The van der Waals surface area contributed by atoms with E-state index in [0.717, 1.165) is 28.3 Å². The summed E-state index contributed by atoms with van der Waals surface area (Å²) in [4.78, 5) is 0. The molecule has 3 unspecified atom stereocenters. The van der Waals surface area contributed by atoms with Gasteiger partial charge in [-0.05, 0) is 48.8 Å². The summed E-state index contributed by atoms with van der Waals surface area (Å²) in [5.74, 6) is 1.29. The van der Waals surface area contributed by atoms with E-state index in [-0.39, 0.29) is 5.54 Å². The van der Waals surface area contributed by atoms with Crippen molar-refractivity contribution in [2.45, 2.75) is 45.1 Å². The van der Waals surface area contributed by atoms with Crippen molar-refractivity contribution in [3.8, 4) is 0 Å². The lowest BCUT2D eigenvalue weighted by Crippen LogP contribution is -2.51. The van der Waals surface area contributed by atoms with Crippen molar-refractivity contribution >= 4 is 27.5 Å². The Hall–Kier alpha value is -0.0500. The molecule has 2 rings (SSSR count). The third kappa shape index (κ3) is 3.09. The van der Waals surface area contributed by atoms with Crippen molar-refractivity contribution in [2.75, 3.05) is 0 Å². The van der Waals surface area contributed by atoms with Gasteiger partial charge in [0.1, 0.15) is 0 Å². The summed E-state index contributed by atoms with van der Waals surface area (Å²) in [6.45, 7) is 4.58. The second-order valence-electron chi connectivity index (χ2n) is 5.93. The second-order valence-corrected chi connectivity index (χ2v) is 7.26. The minimum absolute atomic E-state index is 0.102.